The van der Waals surface area contributed by atoms with Gasteiger partial charge in [0.1, 0.15) is 5.69 Å². The van der Waals surface area contributed by atoms with E-state index in [0.717, 1.165) is 11.3 Å². The summed E-state index contributed by atoms with van der Waals surface area (Å²) in [5.74, 6) is -1.10. The minimum Gasteiger partial charge on any atom is -0.481 e. The van der Waals surface area contributed by atoms with Gasteiger partial charge in [-0.2, -0.15) is 0 Å². The molecule has 0 atom stereocenters. The van der Waals surface area contributed by atoms with E-state index in [2.05, 4.69) is 10.3 Å². The highest BCUT2D eigenvalue weighted by Crippen LogP contribution is 2.20. The van der Waals surface area contributed by atoms with Crippen LogP contribution in [0, 0.1) is 5.41 Å². The SMILES string of the molecule is CC(C)(CCNC(=O)c1ccc(-c2ccccc2)[nH]1)C(=O)O. The molecular formula is C17H20N2O3. The van der Waals surface area contributed by atoms with E-state index in [9.17, 15) is 9.59 Å². The van der Waals surface area contributed by atoms with Crippen LogP contribution in [0.5, 0.6) is 0 Å². The minimum atomic E-state index is -0.868. The highest BCUT2D eigenvalue weighted by Gasteiger charge is 2.26. The van der Waals surface area contributed by atoms with Crippen molar-refractivity contribution in [2.75, 3.05) is 6.54 Å². The number of H-pyrrole nitrogens is 1. The van der Waals surface area contributed by atoms with Crippen molar-refractivity contribution in [3.63, 3.8) is 0 Å². The average Bonchev–Trinajstić information content (AvgIpc) is 2.97. The Bertz CT molecular complexity index is 660. The number of carbonyl (C=O) groups excluding carboxylic acids is 1. The monoisotopic (exact) mass is 300 g/mol. The molecule has 22 heavy (non-hydrogen) atoms. The van der Waals surface area contributed by atoms with Crippen LogP contribution in [-0.2, 0) is 4.79 Å². The fourth-order valence-electron chi connectivity index (χ4n) is 2.00. The maximum Gasteiger partial charge on any atom is 0.309 e. The molecule has 0 unspecified atom stereocenters. The molecule has 116 valence electrons. The van der Waals surface area contributed by atoms with E-state index in [-0.39, 0.29) is 5.91 Å². The summed E-state index contributed by atoms with van der Waals surface area (Å²) in [6, 6.07) is 13.3. The topological polar surface area (TPSA) is 82.2 Å². The van der Waals surface area contributed by atoms with Gasteiger partial charge in [-0.1, -0.05) is 30.3 Å². The Morgan fingerprint density at radius 2 is 1.82 bits per heavy atom. The Labute approximate surface area is 129 Å². The van der Waals surface area contributed by atoms with Crippen LogP contribution in [-0.4, -0.2) is 28.5 Å². The van der Waals surface area contributed by atoms with Crippen LogP contribution in [0.2, 0.25) is 0 Å². The molecule has 0 radical (unpaired) electrons. The van der Waals surface area contributed by atoms with E-state index in [1.165, 1.54) is 0 Å². The molecule has 0 aliphatic rings. The smallest absolute Gasteiger partial charge is 0.309 e. The molecule has 0 aliphatic carbocycles. The summed E-state index contributed by atoms with van der Waals surface area (Å²) in [7, 11) is 0. The second-order valence-corrected chi connectivity index (χ2v) is 5.85. The quantitative estimate of drug-likeness (QED) is 0.767. The van der Waals surface area contributed by atoms with Gasteiger partial charge in [0.05, 0.1) is 5.41 Å². The van der Waals surface area contributed by atoms with Crippen LogP contribution in [0.3, 0.4) is 0 Å². The number of amides is 1. The van der Waals surface area contributed by atoms with Crippen LogP contribution in [0.15, 0.2) is 42.5 Å². The van der Waals surface area contributed by atoms with Crippen LogP contribution in [0.4, 0.5) is 0 Å². The Hall–Kier alpha value is -2.56. The van der Waals surface area contributed by atoms with Gasteiger partial charge in [0.15, 0.2) is 0 Å². The molecule has 5 heteroatoms. The Kier molecular flexibility index (Phi) is 4.65. The summed E-state index contributed by atoms with van der Waals surface area (Å²) in [6.07, 6.45) is 0.375. The van der Waals surface area contributed by atoms with Gasteiger partial charge in [0.25, 0.3) is 5.91 Å². The van der Waals surface area contributed by atoms with Crippen molar-refractivity contribution < 1.29 is 14.7 Å². The Balaban J connectivity index is 1.94. The largest absolute Gasteiger partial charge is 0.481 e. The van der Waals surface area contributed by atoms with Crippen molar-refractivity contribution in [2.24, 2.45) is 5.41 Å². The predicted octanol–water partition coefficient (Wildman–Crippen LogP) is 2.91. The normalized spacial score (nSPS) is 11.2. The van der Waals surface area contributed by atoms with Crippen LogP contribution in [0.25, 0.3) is 11.3 Å². The van der Waals surface area contributed by atoms with Crippen LogP contribution >= 0.6 is 0 Å². The summed E-state index contributed by atoms with van der Waals surface area (Å²) in [6.45, 7) is 3.60. The zero-order valence-electron chi connectivity index (χ0n) is 12.7. The first-order chi connectivity index (χ1) is 10.4. The third-order valence-electron chi connectivity index (χ3n) is 3.63. The number of rotatable bonds is 6. The number of aromatic amines is 1. The maximum atomic E-state index is 12.1. The maximum absolute atomic E-state index is 12.1. The molecule has 1 amide bonds. The van der Waals surface area contributed by atoms with Crippen LogP contribution < -0.4 is 5.32 Å². The van der Waals surface area contributed by atoms with E-state index in [1.54, 1.807) is 19.9 Å². The molecule has 0 aliphatic heterocycles. The van der Waals surface area contributed by atoms with Crippen molar-refractivity contribution in [3.05, 3.63) is 48.2 Å². The van der Waals surface area contributed by atoms with Gasteiger partial charge >= 0.3 is 5.97 Å². The highest BCUT2D eigenvalue weighted by atomic mass is 16.4. The molecule has 0 spiro atoms. The molecule has 0 fully saturated rings. The van der Waals surface area contributed by atoms with E-state index in [4.69, 9.17) is 5.11 Å². The molecule has 2 rings (SSSR count). The number of carboxylic acids is 1. The molecule has 1 aromatic heterocycles. The molecule has 3 N–H and O–H groups in total. The van der Waals surface area contributed by atoms with Crippen molar-refractivity contribution in [2.45, 2.75) is 20.3 Å². The van der Waals surface area contributed by atoms with Gasteiger partial charge < -0.3 is 15.4 Å². The number of hydrogen-bond donors (Lipinski definition) is 3. The zero-order chi connectivity index (χ0) is 16.2. The number of carbonyl (C=O) groups is 2. The molecule has 0 saturated heterocycles. The van der Waals surface area contributed by atoms with E-state index in [1.807, 2.05) is 36.4 Å². The van der Waals surface area contributed by atoms with E-state index >= 15 is 0 Å². The molecule has 2 aromatic rings. The van der Waals surface area contributed by atoms with E-state index in [0.29, 0.717) is 18.7 Å². The first kappa shape index (κ1) is 15.8. The lowest BCUT2D eigenvalue weighted by atomic mass is 9.90. The first-order valence-corrected chi connectivity index (χ1v) is 7.16. The number of hydrogen-bond acceptors (Lipinski definition) is 2. The molecule has 1 heterocycles. The lowest BCUT2D eigenvalue weighted by Gasteiger charge is -2.18. The number of benzene rings is 1. The molecule has 0 saturated carbocycles. The molecule has 0 bridgehead atoms. The van der Waals surface area contributed by atoms with Gasteiger partial charge in [-0.15, -0.1) is 0 Å². The van der Waals surface area contributed by atoms with Crippen LogP contribution in [0.1, 0.15) is 30.8 Å². The predicted molar refractivity (Wildman–Crippen MR) is 84.6 cm³/mol. The van der Waals surface area contributed by atoms with Gasteiger partial charge in [-0.25, -0.2) is 0 Å². The molecule has 5 nitrogen and oxygen atoms in total. The van der Waals surface area contributed by atoms with Gasteiger partial charge in [-0.05, 0) is 38.0 Å². The van der Waals surface area contributed by atoms with Gasteiger partial charge in [-0.3, -0.25) is 9.59 Å². The second-order valence-electron chi connectivity index (χ2n) is 5.85. The number of nitrogens with one attached hydrogen (secondary N) is 2. The fourth-order valence-corrected chi connectivity index (χ4v) is 2.00. The number of aliphatic carboxylic acids is 1. The third kappa shape index (κ3) is 3.75. The second kappa shape index (κ2) is 6.47. The first-order valence-electron chi connectivity index (χ1n) is 7.16. The van der Waals surface area contributed by atoms with Crippen molar-refractivity contribution in [1.82, 2.24) is 10.3 Å². The average molecular weight is 300 g/mol. The number of carboxylic acid groups (broad SMARTS) is 1. The lowest BCUT2D eigenvalue weighted by Crippen LogP contribution is -2.32. The zero-order valence-corrected chi connectivity index (χ0v) is 12.7. The van der Waals surface area contributed by atoms with E-state index < -0.39 is 11.4 Å². The van der Waals surface area contributed by atoms with Crippen molar-refractivity contribution in [1.29, 1.82) is 0 Å². The fraction of sp³-hybridized carbons (Fsp3) is 0.294. The highest BCUT2D eigenvalue weighted by molar-refractivity contribution is 5.93. The summed E-state index contributed by atoms with van der Waals surface area (Å²) in [5.41, 5.74) is 1.50. The Morgan fingerprint density at radius 1 is 1.14 bits per heavy atom. The summed E-state index contributed by atoms with van der Waals surface area (Å²) in [4.78, 5) is 26.1. The lowest BCUT2D eigenvalue weighted by molar-refractivity contribution is -0.147. The summed E-state index contributed by atoms with van der Waals surface area (Å²) in [5, 5.41) is 11.8. The summed E-state index contributed by atoms with van der Waals surface area (Å²) >= 11 is 0. The standard InChI is InChI=1S/C17H20N2O3/c1-17(2,16(21)22)10-11-18-15(20)14-9-8-13(19-14)12-6-4-3-5-7-12/h3-9,19H,10-11H2,1-2H3,(H,18,20)(H,21,22). The number of aromatic nitrogens is 1. The Morgan fingerprint density at radius 3 is 2.45 bits per heavy atom. The molecular weight excluding hydrogens is 280 g/mol. The van der Waals surface area contributed by atoms with Crippen molar-refractivity contribution in [3.8, 4) is 11.3 Å². The molecule has 1 aromatic carbocycles. The minimum absolute atomic E-state index is 0.233. The third-order valence-corrected chi connectivity index (χ3v) is 3.63. The summed E-state index contributed by atoms with van der Waals surface area (Å²) < 4.78 is 0. The van der Waals surface area contributed by atoms with Crippen molar-refractivity contribution >= 4 is 11.9 Å². The van der Waals surface area contributed by atoms with Gasteiger partial charge in [0, 0.05) is 12.2 Å². The van der Waals surface area contributed by atoms with Gasteiger partial charge in [0.2, 0.25) is 0 Å².